The van der Waals surface area contributed by atoms with E-state index in [1.807, 2.05) is 6.08 Å². The number of ether oxygens (including phenoxy) is 4. The second kappa shape index (κ2) is 58.5. The molecule has 12 atom stereocenters. The quantitative estimate of drug-likeness (QED) is 0.0204. The average Bonchev–Trinajstić information content (AvgIpc) is 1.78. The molecule has 0 saturated carbocycles. The molecule has 2 rings (SSSR count). The lowest BCUT2D eigenvalue weighted by Gasteiger charge is -2.46. The van der Waals surface area contributed by atoms with E-state index in [4.69, 9.17) is 18.9 Å². The molecule has 0 aromatic carbocycles. The van der Waals surface area contributed by atoms with Crippen LogP contribution in [0.2, 0.25) is 0 Å². The van der Waals surface area contributed by atoms with Crippen molar-refractivity contribution >= 4 is 5.91 Å². The second-order valence-electron chi connectivity index (χ2n) is 25.7. The van der Waals surface area contributed by atoms with Crippen LogP contribution in [0.3, 0.4) is 0 Å². The standard InChI is InChI=1S/C74H135NO13/c1-3-5-7-9-11-13-15-17-19-21-23-25-27-28-29-30-31-32-33-34-36-37-39-41-43-45-47-49-51-53-55-57-63(78)62(61-85-73-71(84)69(82)72(65(60-77)87-73)88-74-70(83)68(81)67(80)64(59-76)86-74)75-66(79)58-56-54-52-50-48-46-44-42-40-38-35-26-24-22-20-18-16-14-12-10-8-6-4-2/h6,8,12,14,18,20,24,26,55,57,62-65,67-74,76-78,80-84H,3-5,7,9-11,13,15-17,19,21-23,25,27-54,56,58-61H2,1-2H3,(H,75,79)/b8-6-,14-12-,20-18-,26-24-,57-55+. The summed E-state index contributed by atoms with van der Waals surface area (Å²) >= 11 is 0. The summed E-state index contributed by atoms with van der Waals surface area (Å²) in [5, 5.41) is 87.5. The van der Waals surface area contributed by atoms with Crippen molar-refractivity contribution in [3.8, 4) is 0 Å². The molecule has 0 aromatic heterocycles. The van der Waals surface area contributed by atoms with Gasteiger partial charge in [0.1, 0.15) is 48.8 Å². The number of amides is 1. The number of unbranched alkanes of at least 4 members (excludes halogenated alkanes) is 39. The van der Waals surface area contributed by atoms with Crippen LogP contribution in [-0.2, 0) is 23.7 Å². The summed E-state index contributed by atoms with van der Waals surface area (Å²) < 4.78 is 22.9. The highest BCUT2D eigenvalue weighted by Crippen LogP contribution is 2.30. The van der Waals surface area contributed by atoms with Gasteiger partial charge in [-0.15, -0.1) is 0 Å². The zero-order chi connectivity index (χ0) is 63.8. The maximum atomic E-state index is 13.3. The fraction of sp³-hybridized carbons (Fsp3) is 0.851. The minimum atomic E-state index is -1.79. The largest absolute Gasteiger partial charge is 0.394 e. The van der Waals surface area contributed by atoms with Gasteiger partial charge in [0, 0.05) is 6.42 Å². The van der Waals surface area contributed by atoms with Gasteiger partial charge in [0.15, 0.2) is 12.6 Å². The summed E-state index contributed by atoms with van der Waals surface area (Å²) in [7, 11) is 0. The predicted molar refractivity (Wildman–Crippen MR) is 360 cm³/mol. The van der Waals surface area contributed by atoms with Crippen molar-refractivity contribution in [1.82, 2.24) is 5.32 Å². The minimum Gasteiger partial charge on any atom is -0.394 e. The van der Waals surface area contributed by atoms with Gasteiger partial charge < -0.3 is 65.1 Å². The second-order valence-corrected chi connectivity index (χ2v) is 25.7. The SMILES string of the molecule is CC/C=C\C/C=C\C/C=C\C/C=C\CCCCCCCCCCCCC(=O)NC(COC1OC(CO)C(OC2OC(CO)C(O)C(O)C2O)C(O)C1O)C(O)/C=C/CCCCCCCCCCCCCCCCCCCCCCCCCCCCCCC. The van der Waals surface area contributed by atoms with Crippen molar-refractivity contribution in [1.29, 1.82) is 0 Å². The summed E-state index contributed by atoms with van der Waals surface area (Å²) in [6.45, 7) is 2.72. The molecule has 514 valence electrons. The van der Waals surface area contributed by atoms with Gasteiger partial charge in [-0.05, 0) is 57.8 Å². The maximum absolute atomic E-state index is 13.3. The van der Waals surface area contributed by atoms with E-state index >= 15 is 0 Å². The van der Waals surface area contributed by atoms with Gasteiger partial charge in [-0.2, -0.15) is 0 Å². The number of rotatable bonds is 60. The first-order valence-electron chi connectivity index (χ1n) is 36.5. The number of carbonyl (C=O) groups is 1. The minimum absolute atomic E-state index is 0.242. The molecule has 0 aliphatic carbocycles. The van der Waals surface area contributed by atoms with Crippen molar-refractivity contribution in [2.24, 2.45) is 0 Å². The van der Waals surface area contributed by atoms with Gasteiger partial charge in [0.05, 0.1) is 32.0 Å². The van der Waals surface area contributed by atoms with Crippen LogP contribution >= 0.6 is 0 Å². The molecule has 0 spiro atoms. The Morgan fingerprint density at radius 1 is 0.420 bits per heavy atom. The van der Waals surface area contributed by atoms with E-state index in [0.717, 1.165) is 70.6 Å². The zero-order valence-corrected chi connectivity index (χ0v) is 56.0. The molecule has 1 amide bonds. The number of aliphatic hydroxyl groups is 8. The third-order valence-electron chi connectivity index (χ3n) is 17.7. The predicted octanol–water partition coefficient (Wildman–Crippen LogP) is 15.2. The van der Waals surface area contributed by atoms with Crippen LogP contribution < -0.4 is 5.32 Å². The van der Waals surface area contributed by atoms with Crippen molar-refractivity contribution in [2.75, 3.05) is 19.8 Å². The van der Waals surface area contributed by atoms with E-state index in [9.17, 15) is 45.6 Å². The third-order valence-corrected chi connectivity index (χ3v) is 17.7. The van der Waals surface area contributed by atoms with Crippen LogP contribution in [-0.4, -0.2) is 140 Å². The summed E-state index contributed by atoms with van der Waals surface area (Å²) in [6.07, 6.45) is 61.4. The first-order chi connectivity index (χ1) is 43.1. The molecule has 12 unspecified atom stereocenters. The van der Waals surface area contributed by atoms with E-state index in [-0.39, 0.29) is 18.9 Å². The Labute approximate surface area is 536 Å². The van der Waals surface area contributed by atoms with Crippen LogP contribution in [0.1, 0.15) is 309 Å². The topological polar surface area (TPSA) is 228 Å². The van der Waals surface area contributed by atoms with Crippen molar-refractivity contribution < 1.29 is 64.6 Å². The van der Waals surface area contributed by atoms with Gasteiger partial charge in [-0.1, -0.05) is 306 Å². The Bertz CT molecular complexity index is 1710. The van der Waals surface area contributed by atoms with Gasteiger partial charge in [0.2, 0.25) is 5.91 Å². The van der Waals surface area contributed by atoms with E-state index in [2.05, 4.69) is 67.8 Å². The Kier molecular flexibility index (Phi) is 54.4. The molecule has 0 radical (unpaired) electrons. The summed E-state index contributed by atoms with van der Waals surface area (Å²) in [6, 6.07) is -0.921. The molecular formula is C74H135NO13. The molecule has 2 heterocycles. The van der Waals surface area contributed by atoms with E-state index < -0.39 is 86.8 Å². The maximum Gasteiger partial charge on any atom is 0.220 e. The zero-order valence-electron chi connectivity index (χ0n) is 56.0. The molecule has 0 bridgehead atoms. The van der Waals surface area contributed by atoms with Gasteiger partial charge in [-0.25, -0.2) is 0 Å². The lowest BCUT2D eigenvalue weighted by atomic mass is 9.97. The molecule has 2 saturated heterocycles. The molecular weight excluding hydrogens is 1110 g/mol. The number of carbonyl (C=O) groups excluding carboxylic acids is 1. The Hall–Kier alpha value is -2.31. The Morgan fingerprint density at radius 3 is 1.20 bits per heavy atom. The fourth-order valence-electron chi connectivity index (χ4n) is 11.9. The monoisotopic (exact) mass is 1250 g/mol. The van der Waals surface area contributed by atoms with Crippen LogP contribution in [0.4, 0.5) is 0 Å². The normalized spacial score (nSPS) is 23.5. The van der Waals surface area contributed by atoms with Crippen molar-refractivity contribution in [2.45, 2.75) is 383 Å². The molecule has 88 heavy (non-hydrogen) atoms. The van der Waals surface area contributed by atoms with E-state index in [1.165, 1.54) is 212 Å². The van der Waals surface area contributed by atoms with Gasteiger partial charge >= 0.3 is 0 Å². The lowest BCUT2D eigenvalue weighted by molar-refractivity contribution is -0.359. The van der Waals surface area contributed by atoms with Crippen molar-refractivity contribution in [3.63, 3.8) is 0 Å². The van der Waals surface area contributed by atoms with Crippen LogP contribution in [0.5, 0.6) is 0 Å². The van der Waals surface area contributed by atoms with Gasteiger partial charge in [0.25, 0.3) is 0 Å². The van der Waals surface area contributed by atoms with Crippen LogP contribution in [0.15, 0.2) is 60.8 Å². The third kappa shape index (κ3) is 42.0. The Balaban J connectivity index is 1.66. The number of allylic oxidation sites excluding steroid dienone is 9. The molecule has 14 heteroatoms. The Morgan fingerprint density at radius 2 is 0.784 bits per heavy atom. The number of hydrogen-bond acceptors (Lipinski definition) is 13. The number of hydrogen-bond donors (Lipinski definition) is 9. The molecule has 2 aliphatic heterocycles. The summed E-state index contributed by atoms with van der Waals surface area (Å²) in [5.41, 5.74) is 0. The lowest BCUT2D eigenvalue weighted by Crippen LogP contribution is -2.65. The first-order valence-corrected chi connectivity index (χ1v) is 36.5. The van der Waals surface area contributed by atoms with Crippen LogP contribution in [0.25, 0.3) is 0 Å². The average molecular weight is 1250 g/mol. The number of aliphatic hydroxyl groups excluding tert-OH is 8. The highest BCUT2D eigenvalue weighted by atomic mass is 16.7. The molecule has 0 aromatic rings. The first kappa shape index (κ1) is 81.8. The van der Waals surface area contributed by atoms with Crippen molar-refractivity contribution in [3.05, 3.63) is 60.8 Å². The van der Waals surface area contributed by atoms with Crippen LogP contribution in [0, 0.1) is 0 Å². The highest BCUT2D eigenvalue weighted by molar-refractivity contribution is 5.76. The molecule has 9 N–H and O–H groups in total. The smallest absolute Gasteiger partial charge is 0.220 e. The highest BCUT2D eigenvalue weighted by Gasteiger charge is 2.51. The van der Waals surface area contributed by atoms with Gasteiger partial charge in [-0.3, -0.25) is 4.79 Å². The summed E-state index contributed by atoms with van der Waals surface area (Å²) in [5.74, 6) is -0.242. The molecule has 2 fully saturated rings. The van der Waals surface area contributed by atoms with E-state index in [0.29, 0.717) is 6.42 Å². The fourth-order valence-corrected chi connectivity index (χ4v) is 11.9. The summed E-state index contributed by atoms with van der Waals surface area (Å²) in [4.78, 5) is 13.3. The van der Waals surface area contributed by atoms with E-state index in [1.54, 1.807) is 6.08 Å². The number of nitrogens with one attached hydrogen (secondary N) is 1. The molecule has 2 aliphatic rings. The molecule has 14 nitrogen and oxygen atoms in total.